The molecule has 0 aliphatic carbocycles. The number of nitrogens with one attached hydrogen (secondary N) is 2. The Morgan fingerprint density at radius 3 is 2.17 bits per heavy atom. The van der Waals surface area contributed by atoms with Crippen molar-refractivity contribution in [3.63, 3.8) is 0 Å². The predicted molar refractivity (Wildman–Crippen MR) is 102 cm³/mol. The summed E-state index contributed by atoms with van der Waals surface area (Å²) in [5.74, 6) is 0. The van der Waals surface area contributed by atoms with E-state index in [1.54, 1.807) is 0 Å². The van der Waals surface area contributed by atoms with Gasteiger partial charge in [0, 0.05) is 32.9 Å². The van der Waals surface area contributed by atoms with Crippen LogP contribution in [0.25, 0.3) is 0 Å². The van der Waals surface area contributed by atoms with Crippen molar-refractivity contribution in [1.29, 1.82) is 0 Å². The zero-order chi connectivity index (χ0) is 17.9. The highest BCUT2D eigenvalue weighted by molar-refractivity contribution is 5.55. The van der Waals surface area contributed by atoms with Crippen molar-refractivity contribution < 1.29 is 0 Å². The molecule has 0 amide bonds. The van der Waals surface area contributed by atoms with Gasteiger partial charge in [-0.1, -0.05) is 36.2 Å². The fourth-order valence-corrected chi connectivity index (χ4v) is 3.46. The Balaban J connectivity index is 2.26. The van der Waals surface area contributed by atoms with Crippen molar-refractivity contribution in [2.24, 2.45) is 0 Å². The van der Waals surface area contributed by atoms with Crippen LogP contribution in [-0.2, 0) is 19.5 Å². The van der Waals surface area contributed by atoms with E-state index >= 15 is 0 Å². The molecule has 1 aromatic carbocycles. The van der Waals surface area contributed by atoms with Crippen molar-refractivity contribution in [3.8, 4) is 0 Å². The molecule has 0 fully saturated rings. The van der Waals surface area contributed by atoms with Gasteiger partial charge in [-0.15, -0.1) is 0 Å². The van der Waals surface area contributed by atoms with E-state index in [4.69, 9.17) is 0 Å². The maximum Gasteiger partial charge on any atom is 0.272 e. The smallest absolute Gasteiger partial charge is 0.272 e. The third-order valence-electron chi connectivity index (χ3n) is 4.33. The van der Waals surface area contributed by atoms with Crippen LogP contribution in [-0.4, -0.2) is 19.1 Å². The third-order valence-corrected chi connectivity index (χ3v) is 4.33. The number of H-pyrrole nitrogens is 1. The molecule has 0 unspecified atom stereocenters. The first kappa shape index (κ1) is 18.3. The number of aromatic amines is 1. The number of rotatable bonds is 6. The lowest BCUT2D eigenvalue weighted by atomic mass is 10.0. The van der Waals surface area contributed by atoms with Crippen LogP contribution < -0.4 is 15.8 Å². The molecule has 24 heavy (non-hydrogen) atoms. The second kappa shape index (κ2) is 7.67. The van der Waals surface area contributed by atoms with Gasteiger partial charge in [0.25, 0.3) is 5.56 Å². The molecule has 0 saturated heterocycles. The van der Waals surface area contributed by atoms with Crippen molar-refractivity contribution in [1.82, 2.24) is 10.3 Å². The fraction of sp³-hybridized carbons (Fsp3) is 0.450. The maximum atomic E-state index is 12.4. The van der Waals surface area contributed by atoms with Gasteiger partial charge in [-0.25, -0.2) is 0 Å². The standard InChI is InChI=1S/C20H29N3O/c1-7-17-15(4)22-20(24)19(23(5)6)18(17)12-21-11-16-9-13(2)8-14(3)10-16/h8-10,21H,7,11-12H2,1-6H3,(H,22,24). The molecule has 4 heteroatoms. The molecule has 130 valence electrons. The highest BCUT2D eigenvalue weighted by Crippen LogP contribution is 2.21. The number of benzene rings is 1. The monoisotopic (exact) mass is 327 g/mol. The number of aromatic nitrogens is 1. The first-order chi connectivity index (χ1) is 11.3. The molecule has 0 bridgehead atoms. The number of aryl methyl sites for hydroxylation is 3. The summed E-state index contributed by atoms with van der Waals surface area (Å²) in [6.45, 7) is 9.84. The van der Waals surface area contributed by atoms with E-state index in [0.717, 1.165) is 29.9 Å². The number of anilines is 1. The topological polar surface area (TPSA) is 48.1 Å². The van der Waals surface area contributed by atoms with Crippen molar-refractivity contribution >= 4 is 5.69 Å². The second-order valence-corrected chi connectivity index (χ2v) is 6.73. The van der Waals surface area contributed by atoms with Gasteiger partial charge in [-0.3, -0.25) is 4.79 Å². The molecule has 0 aliphatic heterocycles. The van der Waals surface area contributed by atoms with Crippen molar-refractivity contribution in [2.45, 2.75) is 47.2 Å². The Hall–Kier alpha value is -2.07. The molecule has 2 rings (SSSR count). The zero-order valence-electron chi connectivity index (χ0n) is 15.7. The Morgan fingerprint density at radius 1 is 1.00 bits per heavy atom. The number of hydrogen-bond acceptors (Lipinski definition) is 3. The minimum atomic E-state index is -0.0158. The van der Waals surface area contributed by atoms with Crippen LogP contribution in [0.15, 0.2) is 23.0 Å². The van der Waals surface area contributed by atoms with Gasteiger partial charge in [0.15, 0.2) is 0 Å². The summed E-state index contributed by atoms with van der Waals surface area (Å²) in [5.41, 5.74) is 7.88. The molecule has 0 aliphatic rings. The molecule has 0 spiro atoms. The summed E-state index contributed by atoms with van der Waals surface area (Å²) in [5, 5.41) is 3.52. The van der Waals surface area contributed by atoms with Gasteiger partial charge in [-0.2, -0.15) is 0 Å². The SMILES string of the molecule is CCc1c(C)[nH]c(=O)c(N(C)C)c1CNCc1cc(C)cc(C)c1. The largest absolute Gasteiger partial charge is 0.373 e. The van der Waals surface area contributed by atoms with Crippen LogP contribution >= 0.6 is 0 Å². The van der Waals surface area contributed by atoms with Gasteiger partial charge in [0.1, 0.15) is 5.69 Å². The number of pyridine rings is 1. The first-order valence-electron chi connectivity index (χ1n) is 8.53. The predicted octanol–water partition coefficient (Wildman–Crippen LogP) is 3.22. The van der Waals surface area contributed by atoms with Crippen LogP contribution in [0.2, 0.25) is 0 Å². The van der Waals surface area contributed by atoms with E-state index in [9.17, 15) is 4.79 Å². The molecule has 2 aromatic rings. The lowest BCUT2D eigenvalue weighted by molar-refractivity contribution is 0.683. The highest BCUT2D eigenvalue weighted by atomic mass is 16.1. The van der Waals surface area contributed by atoms with Gasteiger partial charge in [-0.05, 0) is 43.9 Å². The van der Waals surface area contributed by atoms with E-state index in [1.807, 2.05) is 25.9 Å². The van der Waals surface area contributed by atoms with E-state index in [2.05, 4.69) is 49.3 Å². The maximum absolute atomic E-state index is 12.4. The zero-order valence-corrected chi connectivity index (χ0v) is 15.7. The molecule has 1 aromatic heterocycles. The van der Waals surface area contributed by atoms with Crippen LogP contribution in [0.3, 0.4) is 0 Å². The summed E-state index contributed by atoms with van der Waals surface area (Å²) in [7, 11) is 3.85. The van der Waals surface area contributed by atoms with Crippen LogP contribution in [0.5, 0.6) is 0 Å². The molecule has 4 nitrogen and oxygen atoms in total. The van der Waals surface area contributed by atoms with Crippen LogP contribution in [0.4, 0.5) is 5.69 Å². The highest BCUT2D eigenvalue weighted by Gasteiger charge is 2.15. The van der Waals surface area contributed by atoms with Gasteiger partial charge < -0.3 is 15.2 Å². The van der Waals surface area contributed by atoms with Gasteiger partial charge in [0.2, 0.25) is 0 Å². The van der Waals surface area contributed by atoms with E-state index in [1.165, 1.54) is 22.3 Å². The van der Waals surface area contributed by atoms with Gasteiger partial charge in [0.05, 0.1) is 0 Å². The van der Waals surface area contributed by atoms with Crippen LogP contribution in [0, 0.1) is 20.8 Å². The van der Waals surface area contributed by atoms with E-state index in [0.29, 0.717) is 6.54 Å². The molecule has 0 radical (unpaired) electrons. The minimum absolute atomic E-state index is 0.0158. The van der Waals surface area contributed by atoms with E-state index in [-0.39, 0.29) is 5.56 Å². The summed E-state index contributed by atoms with van der Waals surface area (Å²) < 4.78 is 0. The lowest BCUT2D eigenvalue weighted by Crippen LogP contribution is -2.27. The van der Waals surface area contributed by atoms with Crippen molar-refractivity contribution in [2.75, 3.05) is 19.0 Å². The molecule has 0 atom stereocenters. The summed E-state index contributed by atoms with van der Waals surface area (Å²) >= 11 is 0. The van der Waals surface area contributed by atoms with E-state index < -0.39 is 0 Å². The Bertz CT molecular complexity index is 755. The minimum Gasteiger partial charge on any atom is -0.373 e. The quantitative estimate of drug-likeness (QED) is 0.856. The summed E-state index contributed by atoms with van der Waals surface area (Å²) in [6.07, 6.45) is 0.907. The van der Waals surface area contributed by atoms with Crippen molar-refractivity contribution in [3.05, 3.63) is 62.1 Å². The summed E-state index contributed by atoms with van der Waals surface area (Å²) in [6, 6.07) is 6.59. The lowest BCUT2D eigenvalue weighted by Gasteiger charge is -2.21. The third kappa shape index (κ3) is 4.06. The van der Waals surface area contributed by atoms with Crippen LogP contribution in [0.1, 0.15) is 40.4 Å². The number of nitrogens with zero attached hydrogens (tertiary/aromatic N) is 1. The molecule has 2 N–H and O–H groups in total. The normalized spacial score (nSPS) is 10.9. The Morgan fingerprint density at radius 2 is 1.62 bits per heavy atom. The number of hydrogen-bond donors (Lipinski definition) is 2. The average Bonchev–Trinajstić information content (AvgIpc) is 2.45. The fourth-order valence-electron chi connectivity index (χ4n) is 3.46. The molecular weight excluding hydrogens is 298 g/mol. The first-order valence-corrected chi connectivity index (χ1v) is 8.53. The Labute approximate surface area is 144 Å². The summed E-state index contributed by atoms with van der Waals surface area (Å²) in [4.78, 5) is 17.3. The molecule has 1 heterocycles. The molecular formula is C20H29N3O. The Kier molecular flexibility index (Phi) is 5.84. The van der Waals surface area contributed by atoms with Gasteiger partial charge >= 0.3 is 0 Å². The average molecular weight is 327 g/mol. The second-order valence-electron chi connectivity index (χ2n) is 6.73. The molecule has 0 saturated carbocycles.